The largest absolute Gasteiger partial charge is 0.497 e. The zero-order valence-corrected chi connectivity index (χ0v) is 11.2. The SMILES string of the molecule is COc1cccc(C=C2SC(SC)=CC2=O)c1. The van der Waals surface area contributed by atoms with E-state index in [-0.39, 0.29) is 5.78 Å². The molecule has 2 rings (SSSR count). The summed E-state index contributed by atoms with van der Waals surface area (Å²) in [6.07, 6.45) is 5.55. The molecule has 1 aliphatic heterocycles. The Hall–Kier alpha value is -1.13. The molecule has 0 saturated carbocycles. The first-order chi connectivity index (χ1) is 8.22. The Balaban J connectivity index is 2.23. The minimum Gasteiger partial charge on any atom is -0.497 e. The molecular weight excluding hydrogens is 252 g/mol. The second kappa shape index (κ2) is 5.47. The highest BCUT2D eigenvalue weighted by molar-refractivity contribution is 8.24. The molecule has 0 fully saturated rings. The van der Waals surface area contributed by atoms with Gasteiger partial charge in [0.15, 0.2) is 5.78 Å². The number of benzene rings is 1. The second-order valence-corrected chi connectivity index (χ2v) is 5.61. The van der Waals surface area contributed by atoms with Crippen LogP contribution in [-0.2, 0) is 4.79 Å². The van der Waals surface area contributed by atoms with Crippen molar-refractivity contribution in [3.8, 4) is 5.75 Å². The van der Waals surface area contributed by atoms with E-state index in [0.29, 0.717) is 0 Å². The van der Waals surface area contributed by atoms with E-state index in [1.807, 2.05) is 36.6 Å². The monoisotopic (exact) mass is 264 g/mol. The van der Waals surface area contributed by atoms with Crippen LogP contribution in [0.1, 0.15) is 5.56 Å². The molecule has 0 unspecified atom stereocenters. The van der Waals surface area contributed by atoms with Crippen molar-refractivity contribution < 1.29 is 9.53 Å². The second-order valence-electron chi connectivity index (χ2n) is 3.42. The highest BCUT2D eigenvalue weighted by Crippen LogP contribution is 2.40. The van der Waals surface area contributed by atoms with Crippen LogP contribution < -0.4 is 4.74 Å². The Labute approximate surface area is 109 Å². The van der Waals surface area contributed by atoms with Crippen molar-refractivity contribution >= 4 is 35.4 Å². The van der Waals surface area contributed by atoms with E-state index >= 15 is 0 Å². The van der Waals surface area contributed by atoms with Gasteiger partial charge in [-0.3, -0.25) is 4.79 Å². The number of hydrogen-bond acceptors (Lipinski definition) is 4. The van der Waals surface area contributed by atoms with Crippen LogP contribution in [0.5, 0.6) is 5.75 Å². The van der Waals surface area contributed by atoms with Crippen molar-refractivity contribution in [1.29, 1.82) is 0 Å². The molecule has 2 nitrogen and oxygen atoms in total. The predicted octanol–water partition coefficient (Wildman–Crippen LogP) is 3.56. The van der Waals surface area contributed by atoms with Crippen LogP contribution >= 0.6 is 23.5 Å². The smallest absolute Gasteiger partial charge is 0.194 e. The van der Waals surface area contributed by atoms with Gasteiger partial charge in [-0.15, -0.1) is 11.8 Å². The van der Waals surface area contributed by atoms with Crippen molar-refractivity contribution in [3.05, 3.63) is 45.0 Å². The molecule has 1 heterocycles. The van der Waals surface area contributed by atoms with Gasteiger partial charge in [-0.25, -0.2) is 0 Å². The maximum atomic E-state index is 11.7. The Morgan fingerprint density at radius 1 is 1.41 bits per heavy atom. The van der Waals surface area contributed by atoms with E-state index in [1.165, 1.54) is 11.8 Å². The van der Waals surface area contributed by atoms with Crippen molar-refractivity contribution in [2.75, 3.05) is 13.4 Å². The summed E-state index contributed by atoms with van der Waals surface area (Å²) in [4.78, 5) is 12.5. The molecule has 0 saturated heterocycles. The van der Waals surface area contributed by atoms with Crippen molar-refractivity contribution in [2.45, 2.75) is 0 Å². The molecule has 1 aromatic rings. The van der Waals surface area contributed by atoms with Crippen LogP contribution in [0.4, 0.5) is 0 Å². The zero-order valence-electron chi connectivity index (χ0n) is 9.60. The summed E-state index contributed by atoms with van der Waals surface area (Å²) in [6.45, 7) is 0. The van der Waals surface area contributed by atoms with Crippen LogP contribution in [0.25, 0.3) is 6.08 Å². The van der Waals surface area contributed by atoms with Gasteiger partial charge in [-0.2, -0.15) is 0 Å². The Kier molecular flexibility index (Phi) is 3.97. The van der Waals surface area contributed by atoms with E-state index in [0.717, 1.165) is 20.5 Å². The van der Waals surface area contributed by atoms with Gasteiger partial charge >= 0.3 is 0 Å². The molecule has 0 atom stereocenters. The summed E-state index contributed by atoms with van der Waals surface area (Å²) in [5, 5.41) is 0. The van der Waals surface area contributed by atoms with Gasteiger partial charge in [-0.05, 0) is 30.0 Å². The van der Waals surface area contributed by atoms with Gasteiger partial charge < -0.3 is 4.74 Å². The van der Waals surface area contributed by atoms with E-state index in [9.17, 15) is 4.79 Å². The maximum absolute atomic E-state index is 11.7. The lowest BCUT2D eigenvalue weighted by Crippen LogP contribution is -1.88. The molecule has 1 aliphatic rings. The average Bonchev–Trinajstić information content (AvgIpc) is 2.70. The Morgan fingerprint density at radius 2 is 2.24 bits per heavy atom. The summed E-state index contributed by atoms with van der Waals surface area (Å²) < 4.78 is 6.20. The third-order valence-corrected chi connectivity index (χ3v) is 4.42. The summed E-state index contributed by atoms with van der Waals surface area (Å²) in [5.74, 6) is 0.884. The first-order valence-corrected chi connectivity index (χ1v) is 7.10. The van der Waals surface area contributed by atoms with Gasteiger partial charge in [0, 0.05) is 10.3 Å². The normalized spacial score (nSPS) is 17.4. The molecular formula is C13H12O2S2. The molecule has 0 amide bonds. The summed E-state index contributed by atoms with van der Waals surface area (Å²) >= 11 is 3.12. The Bertz CT molecular complexity index is 504. The molecule has 0 N–H and O–H groups in total. The van der Waals surface area contributed by atoms with Crippen LogP contribution in [-0.4, -0.2) is 19.1 Å². The van der Waals surface area contributed by atoms with Gasteiger partial charge in [0.1, 0.15) is 5.75 Å². The van der Waals surface area contributed by atoms with Gasteiger partial charge in [0.25, 0.3) is 0 Å². The van der Waals surface area contributed by atoms with E-state index in [2.05, 4.69) is 0 Å². The van der Waals surface area contributed by atoms with Crippen LogP contribution in [0.2, 0.25) is 0 Å². The minimum absolute atomic E-state index is 0.0853. The summed E-state index contributed by atoms with van der Waals surface area (Å²) in [6, 6.07) is 7.67. The Morgan fingerprint density at radius 3 is 2.88 bits per heavy atom. The van der Waals surface area contributed by atoms with Crippen molar-refractivity contribution in [3.63, 3.8) is 0 Å². The highest BCUT2D eigenvalue weighted by Gasteiger charge is 2.18. The first-order valence-electron chi connectivity index (χ1n) is 5.06. The molecule has 0 bridgehead atoms. The third kappa shape index (κ3) is 2.96. The fraction of sp³-hybridized carbons (Fsp3) is 0.154. The van der Waals surface area contributed by atoms with Crippen molar-refractivity contribution in [2.24, 2.45) is 0 Å². The van der Waals surface area contributed by atoms with E-state index < -0.39 is 0 Å². The van der Waals surface area contributed by atoms with Gasteiger partial charge in [0.05, 0.1) is 12.0 Å². The lowest BCUT2D eigenvalue weighted by molar-refractivity contribution is -0.110. The number of rotatable bonds is 3. The van der Waals surface area contributed by atoms with Crippen molar-refractivity contribution in [1.82, 2.24) is 0 Å². The van der Waals surface area contributed by atoms with Gasteiger partial charge in [-0.1, -0.05) is 23.9 Å². The average molecular weight is 264 g/mol. The zero-order chi connectivity index (χ0) is 12.3. The molecule has 0 aliphatic carbocycles. The topological polar surface area (TPSA) is 26.3 Å². The summed E-state index contributed by atoms with van der Waals surface area (Å²) in [7, 11) is 1.63. The number of carbonyl (C=O) groups is 1. The third-order valence-electron chi connectivity index (χ3n) is 2.30. The van der Waals surface area contributed by atoms with E-state index in [4.69, 9.17) is 4.74 Å². The minimum atomic E-state index is 0.0853. The first kappa shape index (κ1) is 12.3. The molecule has 0 spiro atoms. The number of ether oxygens (including phenoxy) is 1. The predicted molar refractivity (Wildman–Crippen MR) is 75.2 cm³/mol. The number of methoxy groups -OCH3 is 1. The lowest BCUT2D eigenvalue weighted by atomic mass is 10.2. The molecule has 88 valence electrons. The number of hydrogen-bond donors (Lipinski definition) is 0. The molecule has 1 aromatic carbocycles. The number of thioether (sulfide) groups is 2. The van der Waals surface area contributed by atoms with E-state index in [1.54, 1.807) is 24.9 Å². The molecule has 0 radical (unpaired) electrons. The molecule has 0 aromatic heterocycles. The molecule has 17 heavy (non-hydrogen) atoms. The fourth-order valence-electron chi connectivity index (χ4n) is 1.45. The summed E-state index contributed by atoms with van der Waals surface area (Å²) in [5.41, 5.74) is 0.982. The number of allylic oxidation sites excluding steroid dienone is 2. The quantitative estimate of drug-likeness (QED) is 0.780. The number of carbonyl (C=O) groups excluding carboxylic acids is 1. The molecule has 4 heteroatoms. The fourth-order valence-corrected chi connectivity index (χ4v) is 3.01. The lowest BCUT2D eigenvalue weighted by Gasteiger charge is -2.01. The highest BCUT2D eigenvalue weighted by atomic mass is 32.2. The van der Waals surface area contributed by atoms with Gasteiger partial charge in [0.2, 0.25) is 0 Å². The van der Waals surface area contributed by atoms with Crippen LogP contribution in [0.3, 0.4) is 0 Å². The number of ketones is 1. The maximum Gasteiger partial charge on any atom is 0.194 e. The van der Waals surface area contributed by atoms with Crippen LogP contribution in [0.15, 0.2) is 39.5 Å². The standard InChI is InChI=1S/C13H12O2S2/c1-15-10-5-3-4-9(6-10)7-12-11(14)8-13(16-2)17-12/h3-8H,1-2H3. The van der Waals surface area contributed by atoms with Crippen LogP contribution in [0, 0.1) is 0 Å².